The molecule has 140 valence electrons. The second-order valence-corrected chi connectivity index (χ2v) is 8.79. The third kappa shape index (κ3) is 5.41. The molecule has 2 aromatic rings. The Morgan fingerprint density at radius 1 is 1.07 bits per heavy atom. The van der Waals surface area contributed by atoms with Crippen LogP contribution in [0.25, 0.3) is 6.08 Å². The molecule has 1 fully saturated rings. The summed E-state index contributed by atoms with van der Waals surface area (Å²) in [5.74, 6) is 0. The third-order valence-electron chi connectivity index (χ3n) is 4.63. The zero-order valence-electron chi connectivity index (χ0n) is 14.8. The maximum atomic E-state index is 12.5. The SMILES string of the molecule is N#Cc1ccc(C[NH+]2CCN(S(=O)(=O)/C=C/c3ccc(Cl)cc3)CC2)cc1. The van der Waals surface area contributed by atoms with Crippen molar-refractivity contribution < 1.29 is 13.3 Å². The van der Waals surface area contributed by atoms with Gasteiger partial charge in [0.15, 0.2) is 0 Å². The van der Waals surface area contributed by atoms with Crippen LogP contribution in [0.2, 0.25) is 5.02 Å². The number of nitrogens with zero attached hydrogens (tertiary/aromatic N) is 2. The summed E-state index contributed by atoms with van der Waals surface area (Å²) in [6.45, 7) is 3.35. The highest BCUT2D eigenvalue weighted by molar-refractivity contribution is 7.92. The van der Waals surface area contributed by atoms with Gasteiger partial charge >= 0.3 is 0 Å². The average Bonchev–Trinajstić information content (AvgIpc) is 2.69. The van der Waals surface area contributed by atoms with Crippen molar-refractivity contribution >= 4 is 27.7 Å². The molecule has 1 N–H and O–H groups in total. The van der Waals surface area contributed by atoms with Gasteiger partial charge in [-0.1, -0.05) is 35.9 Å². The molecule has 7 heteroatoms. The Morgan fingerprint density at radius 3 is 2.30 bits per heavy atom. The Kier molecular flexibility index (Phi) is 6.30. The summed E-state index contributed by atoms with van der Waals surface area (Å²) in [6, 6.07) is 16.7. The molecule has 0 saturated carbocycles. The van der Waals surface area contributed by atoms with Gasteiger partial charge in [-0.05, 0) is 35.9 Å². The molecule has 1 heterocycles. The number of piperazine rings is 1. The summed E-state index contributed by atoms with van der Waals surface area (Å²) in [7, 11) is -3.43. The van der Waals surface area contributed by atoms with E-state index in [9.17, 15) is 8.42 Å². The fourth-order valence-corrected chi connectivity index (χ4v) is 4.36. The lowest BCUT2D eigenvalue weighted by atomic mass is 10.1. The molecule has 0 atom stereocenters. The van der Waals surface area contributed by atoms with Crippen LogP contribution in [-0.4, -0.2) is 38.9 Å². The molecule has 0 aromatic heterocycles. The summed E-state index contributed by atoms with van der Waals surface area (Å²) in [4.78, 5) is 1.34. The first-order chi connectivity index (χ1) is 13.0. The van der Waals surface area contributed by atoms with E-state index in [0.717, 1.165) is 30.8 Å². The van der Waals surface area contributed by atoms with Gasteiger partial charge in [0.1, 0.15) is 6.54 Å². The Morgan fingerprint density at radius 2 is 1.70 bits per heavy atom. The summed E-state index contributed by atoms with van der Waals surface area (Å²) >= 11 is 5.84. The number of nitriles is 1. The Balaban J connectivity index is 1.55. The molecule has 2 aromatic carbocycles. The highest BCUT2D eigenvalue weighted by atomic mass is 35.5. The number of sulfonamides is 1. The van der Waals surface area contributed by atoms with Crippen molar-refractivity contribution in [2.24, 2.45) is 0 Å². The number of benzene rings is 2. The predicted molar refractivity (Wildman–Crippen MR) is 107 cm³/mol. The lowest BCUT2D eigenvalue weighted by Gasteiger charge is -2.30. The second kappa shape index (κ2) is 8.68. The highest BCUT2D eigenvalue weighted by Crippen LogP contribution is 2.12. The van der Waals surface area contributed by atoms with E-state index in [1.165, 1.54) is 14.6 Å². The highest BCUT2D eigenvalue weighted by Gasteiger charge is 2.27. The number of quaternary nitrogens is 1. The molecule has 0 aliphatic carbocycles. The van der Waals surface area contributed by atoms with Crippen LogP contribution in [0.3, 0.4) is 0 Å². The van der Waals surface area contributed by atoms with Crippen LogP contribution in [0.5, 0.6) is 0 Å². The van der Waals surface area contributed by atoms with E-state index >= 15 is 0 Å². The first-order valence-electron chi connectivity index (χ1n) is 8.73. The molecule has 0 bridgehead atoms. The Labute approximate surface area is 165 Å². The average molecular weight is 403 g/mol. The zero-order chi connectivity index (χ0) is 19.3. The van der Waals surface area contributed by atoms with Gasteiger partial charge in [0.25, 0.3) is 0 Å². The van der Waals surface area contributed by atoms with Crippen LogP contribution < -0.4 is 4.90 Å². The fraction of sp³-hybridized carbons (Fsp3) is 0.250. The summed E-state index contributed by atoms with van der Waals surface area (Å²) in [5, 5.41) is 10.7. The summed E-state index contributed by atoms with van der Waals surface area (Å²) < 4.78 is 26.6. The van der Waals surface area contributed by atoms with E-state index < -0.39 is 10.0 Å². The van der Waals surface area contributed by atoms with E-state index in [1.54, 1.807) is 30.3 Å². The standard InChI is InChI=1S/C20H20ClN3O2S/c21-20-7-5-17(6-8-20)9-14-27(25,26)24-12-10-23(11-13-24)16-19-3-1-18(15-22)2-4-19/h1-9,14H,10-13,16H2/p+1/b14-9+. The van der Waals surface area contributed by atoms with Gasteiger partial charge in [0.2, 0.25) is 10.0 Å². The van der Waals surface area contributed by atoms with Gasteiger partial charge < -0.3 is 4.90 Å². The van der Waals surface area contributed by atoms with Gasteiger partial charge in [-0.2, -0.15) is 9.57 Å². The van der Waals surface area contributed by atoms with Gasteiger partial charge in [0.05, 0.1) is 37.8 Å². The minimum Gasteiger partial charge on any atom is -0.329 e. The van der Waals surface area contributed by atoms with Crippen molar-refractivity contribution in [2.45, 2.75) is 6.54 Å². The van der Waals surface area contributed by atoms with Crippen LogP contribution in [0.1, 0.15) is 16.7 Å². The molecule has 27 heavy (non-hydrogen) atoms. The molecule has 1 aliphatic rings. The van der Waals surface area contributed by atoms with Gasteiger partial charge in [-0.15, -0.1) is 0 Å². The normalized spacial score (nSPS) is 16.4. The van der Waals surface area contributed by atoms with Crippen molar-refractivity contribution in [3.63, 3.8) is 0 Å². The van der Waals surface area contributed by atoms with Crippen LogP contribution in [-0.2, 0) is 16.6 Å². The molecule has 1 aliphatic heterocycles. The smallest absolute Gasteiger partial charge is 0.236 e. The van der Waals surface area contributed by atoms with E-state index in [4.69, 9.17) is 16.9 Å². The zero-order valence-corrected chi connectivity index (χ0v) is 16.4. The van der Waals surface area contributed by atoms with E-state index in [-0.39, 0.29) is 0 Å². The van der Waals surface area contributed by atoms with Crippen LogP contribution in [0.15, 0.2) is 53.9 Å². The quantitative estimate of drug-likeness (QED) is 0.830. The molecular formula is C20H21ClN3O2S+. The largest absolute Gasteiger partial charge is 0.329 e. The number of hydrogen-bond donors (Lipinski definition) is 1. The minimum atomic E-state index is -3.43. The molecule has 5 nitrogen and oxygen atoms in total. The van der Waals surface area contributed by atoms with Crippen molar-refractivity contribution in [2.75, 3.05) is 26.2 Å². The lowest BCUT2D eigenvalue weighted by molar-refractivity contribution is -0.917. The Hall–Kier alpha value is -2.17. The lowest BCUT2D eigenvalue weighted by Crippen LogP contribution is -3.13. The summed E-state index contributed by atoms with van der Waals surface area (Å²) in [6.07, 6.45) is 1.60. The second-order valence-electron chi connectivity index (χ2n) is 6.53. The monoisotopic (exact) mass is 402 g/mol. The fourth-order valence-electron chi connectivity index (χ4n) is 3.04. The van der Waals surface area contributed by atoms with Gasteiger partial charge in [-0.3, -0.25) is 0 Å². The molecule has 3 rings (SSSR count). The molecule has 0 amide bonds. The van der Waals surface area contributed by atoms with Gasteiger partial charge in [-0.25, -0.2) is 8.42 Å². The van der Waals surface area contributed by atoms with Crippen molar-refractivity contribution in [3.8, 4) is 6.07 Å². The first kappa shape index (κ1) is 19.6. The molecular weight excluding hydrogens is 382 g/mol. The maximum absolute atomic E-state index is 12.5. The molecule has 0 radical (unpaired) electrons. The first-order valence-corrected chi connectivity index (χ1v) is 10.6. The molecule has 0 spiro atoms. The van der Waals surface area contributed by atoms with Gasteiger partial charge in [0, 0.05) is 16.0 Å². The number of nitrogens with one attached hydrogen (secondary N) is 1. The van der Waals surface area contributed by atoms with Crippen LogP contribution in [0, 0.1) is 11.3 Å². The minimum absolute atomic E-state index is 0.499. The van der Waals surface area contributed by atoms with Crippen molar-refractivity contribution in [1.82, 2.24) is 4.31 Å². The van der Waals surface area contributed by atoms with E-state index in [2.05, 4.69) is 6.07 Å². The predicted octanol–water partition coefficient (Wildman–Crippen LogP) is 1.91. The topological polar surface area (TPSA) is 65.6 Å². The van der Waals surface area contributed by atoms with Crippen LogP contribution >= 0.6 is 11.6 Å². The van der Waals surface area contributed by atoms with Crippen molar-refractivity contribution in [1.29, 1.82) is 5.26 Å². The third-order valence-corrected chi connectivity index (χ3v) is 6.45. The molecule has 1 saturated heterocycles. The van der Waals surface area contributed by atoms with Crippen molar-refractivity contribution in [3.05, 3.63) is 75.7 Å². The maximum Gasteiger partial charge on any atom is 0.236 e. The Bertz CT molecular complexity index is 940. The summed E-state index contributed by atoms with van der Waals surface area (Å²) in [5.41, 5.74) is 2.60. The van der Waals surface area contributed by atoms with Crippen LogP contribution in [0.4, 0.5) is 0 Å². The number of hydrogen-bond acceptors (Lipinski definition) is 3. The number of rotatable bonds is 5. The van der Waals surface area contributed by atoms with E-state index in [0.29, 0.717) is 23.7 Å². The van der Waals surface area contributed by atoms with E-state index in [1.807, 2.05) is 24.3 Å². The number of halogens is 1. The molecule has 0 unspecified atom stereocenters.